The van der Waals surface area contributed by atoms with Gasteiger partial charge in [0.25, 0.3) is 0 Å². The van der Waals surface area contributed by atoms with Gasteiger partial charge in [-0.2, -0.15) is 0 Å². The third-order valence-electron chi connectivity index (χ3n) is 4.93. The van der Waals surface area contributed by atoms with Crippen molar-refractivity contribution < 1.29 is 9.59 Å². The Kier molecular flexibility index (Phi) is 5.71. The zero-order valence-corrected chi connectivity index (χ0v) is 15.1. The number of amides is 2. The van der Waals surface area contributed by atoms with Crippen LogP contribution in [0.25, 0.3) is 0 Å². The molecule has 0 aliphatic carbocycles. The first-order chi connectivity index (χ1) is 12.0. The fraction of sp³-hybridized carbons (Fsp3) is 0.579. The Morgan fingerprint density at radius 2 is 1.68 bits per heavy atom. The molecule has 6 heteroatoms. The van der Waals surface area contributed by atoms with E-state index < -0.39 is 0 Å². The standard InChI is InChI=1S/C19H28N4O2/c1-14(2)12-18(24)22-8-10-23(11-9-22)19(25)17-13-16(20-21-17)15-6-4-3-5-7-15/h3-7,14,16-17,20-21H,8-13H2,1-2H3. The number of benzene rings is 1. The Balaban J connectivity index is 1.49. The third-order valence-corrected chi connectivity index (χ3v) is 4.93. The summed E-state index contributed by atoms with van der Waals surface area (Å²) in [5.41, 5.74) is 7.56. The summed E-state index contributed by atoms with van der Waals surface area (Å²) < 4.78 is 0. The van der Waals surface area contributed by atoms with Gasteiger partial charge in [0.05, 0.1) is 0 Å². The van der Waals surface area contributed by atoms with E-state index in [1.54, 1.807) is 0 Å². The van der Waals surface area contributed by atoms with Gasteiger partial charge in [0.1, 0.15) is 6.04 Å². The summed E-state index contributed by atoms with van der Waals surface area (Å²) in [6.07, 6.45) is 1.33. The van der Waals surface area contributed by atoms with Gasteiger partial charge in [-0.25, -0.2) is 10.9 Å². The molecule has 2 fully saturated rings. The van der Waals surface area contributed by atoms with Crippen LogP contribution in [0.5, 0.6) is 0 Å². The zero-order valence-electron chi connectivity index (χ0n) is 15.1. The maximum absolute atomic E-state index is 12.8. The summed E-state index contributed by atoms with van der Waals surface area (Å²) in [4.78, 5) is 28.7. The largest absolute Gasteiger partial charge is 0.339 e. The second kappa shape index (κ2) is 7.97. The van der Waals surface area contributed by atoms with Crippen LogP contribution in [0.3, 0.4) is 0 Å². The van der Waals surface area contributed by atoms with Crippen molar-refractivity contribution in [3.05, 3.63) is 35.9 Å². The van der Waals surface area contributed by atoms with Crippen LogP contribution < -0.4 is 10.9 Å². The first-order valence-electron chi connectivity index (χ1n) is 9.17. The first-order valence-corrected chi connectivity index (χ1v) is 9.17. The molecule has 25 heavy (non-hydrogen) atoms. The van der Waals surface area contributed by atoms with E-state index in [-0.39, 0.29) is 23.9 Å². The lowest BCUT2D eigenvalue weighted by molar-refractivity contribution is -0.141. The molecule has 2 aliphatic rings. The van der Waals surface area contributed by atoms with E-state index in [1.807, 2.05) is 28.0 Å². The number of piperazine rings is 1. The van der Waals surface area contributed by atoms with E-state index in [4.69, 9.17) is 0 Å². The predicted molar refractivity (Wildman–Crippen MR) is 96.5 cm³/mol. The third kappa shape index (κ3) is 4.38. The smallest absolute Gasteiger partial charge is 0.241 e. The summed E-state index contributed by atoms with van der Waals surface area (Å²) in [6, 6.07) is 10.1. The van der Waals surface area contributed by atoms with Gasteiger partial charge >= 0.3 is 0 Å². The Labute approximate surface area is 149 Å². The molecule has 0 spiro atoms. The van der Waals surface area contributed by atoms with E-state index in [0.717, 1.165) is 6.42 Å². The molecule has 2 heterocycles. The average Bonchev–Trinajstić information content (AvgIpc) is 3.11. The minimum absolute atomic E-state index is 0.127. The number of hydrazine groups is 1. The molecule has 2 saturated heterocycles. The Morgan fingerprint density at radius 3 is 2.32 bits per heavy atom. The van der Waals surface area contributed by atoms with Gasteiger partial charge in [-0.1, -0.05) is 44.2 Å². The number of carbonyl (C=O) groups excluding carboxylic acids is 2. The number of hydrogen-bond acceptors (Lipinski definition) is 4. The zero-order chi connectivity index (χ0) is 17.8. The SMILES string of the molecule is CC(C)CC(=O)N1CCN(C(=O)C2CC(c3ccccc3)NN2)CC1. The highest BCUT2D eigenvalue weighted by Gasteiger charge is 2.34. The molecule has 136 valence electrons. The van der Waals surface area contributed by atoms with Crippen LogP contribution in [0.2, 0.25) is 0 Å². The van der Waals surface area contributed by atoms with E-state index in [2.05, 4.69) is 36.8 Å². The molecule has 0 aromatic heterocycles. The van der Waals surface area contributed by atoms with Crippen LogP contribution in [-0.2, 0) is 9.59 Å². The normalized spacial score (nSPS) is 24.0. The van der Waals surface area contributed by atoms with Crippen molar-refractivity contribution in [1.29, 1.82) is 0 Å². The molecule has 2 N–H and O–H groups in total. The second-order valence-corrected chi connectivity index (χ2v) is 7.34. The van der Waals surface area contributed by atoms with Crippen molar-refractivity contribution in [3.8, 4) is 0 Å². The lowest BCUT2D eigenvalue weighted by Gasteiger charge is -2.36. The molecule has 2 amide bonds. The first kappa shape index (κ1) is 17.9. The van der Waals surface area contributed by atoms with Crippen LogP contribution in [-0.4, -0.2) is 53.8 Å². The Bertz CT molecular complexity index is 597. The van der Waals surface area contributed by atoms with Gasteiger partial charge in [-0.15, -0.1) is 0 Å². The maximum atomic E-state index is 12.8. The number of hydrogen-bond donors (Lipinski definition) is 2. The molecule has 2 unspecified atom stereocenters. The molecule has 6 nitrogen and oxygen atoms in total. The van der Waals surface area contributed by atoms with Gasteiger partial charge in [-0.05, 0) is 17.9 Å². The topological polar surface area (TPSA) is 64.7 Å². The van der Waals surface area contributed by atoms with E-state index in [0.29, 0.717) is 38.5 Å². The number of nitrogens with zero attached hydrogens (tertiary/aromatic N) is 2. The van der Waals surface area contributed by atoms with Crippen molar-refractivity contribution in [2.75, 3.05) is 26.2 Å². The van der Waals surface area contributed by atoms with Crippen molar-refractivity contribution in [2.24, 2.45) is 5.92 Å². The van der Waals surface area contributed by atoms with Gasteiger partial charge in [0.2, 0.25) is 11.8 Å². The van der Waals surface area contributed by atoms with Crippen LogP contribution in [0.4, 0.5) is 0 Å². The Hall–Kier alpha value is -1.92. The highest BCUT2D eigenvalue weighted by Crippen LogP contribution is 2.23. The number of rotatable bonds is 4. The van der Waals surface area contributed by atoms with Crippen LogP contribution in [0.1, 0.15) is 38.3 Å². The van der Waals surface area contributed by atoms with Crippen LogP contribution >= 0.6 is 0 Å². The van der Waals surface area contributed by atoms with Crippen LogP contribution in [0.15, 0.2) is 30.3 Å². The Morgan fingerprint density at radius 1 is 1.04 bits per heavy atom. The molecule has 2 atom stereocenters. The molecule has 1 aromatic carbocycles. The highest BCUT2D eigenvalue weighted by molar-refractivity contribution is 5.83. The molecule has 1 aromatic rings. The molecule has 2 aliphatic heterocycles. The molecule has 0 radical (unpaired) electrons. The minimum Gasteiger partial charge on any atom is -0.339 e. The monoisotopic (exact) mass is 344 g/mol. The van der Waals surface area contributed by atoms with Crippen molar-refractivity contribution in [2.45, 2.75) is 38.8 Å². The highest BCUT2D eigenvalue weighted by atomic mass is 16.2. The average molecular weight is 344 g/mol. The summed E-state index contributed by atoms with van der Waals surface area (Å²) in [5.74, 6) is 0.699. The summed E-state index contributed by atoms with van der Waals surface area (Å²) in [6.45, 7) is 6.63. The quantitative estimate of drug-likeness (QED) is 0.864. The van der Waals surface area contributed by atoms with E-state index in [1.165, 1.54) is 5.56 Å². The fourth-order valence-corrected chi connectivity index (χ4v) is 3.50. The number of carbonyl (C=O) groups is 2. The van der Waals surface area contributed by atoms with Gasteiger partial charge in [0.15, 0.2) is 0 Å². The molecule has 3 rings (SSSR count). The summed E-state index contributed by atoms with van der Waals surface area (Å²) in [5, 5.41) is 0. The van der Waals surface area contributed by atoms with Crippen molar-refractivity contribution in [1.82, 2.24) is 20.7 Å². The molecule has 0 saturated carbocycles. The summed E-state index contributed by atoms with van der Waals surface area (Å²) >= 11 is 0. The van der Waals surface area contributed by atoms with E-state index in [9.17, 15) is 9.59 Å². The van der Waals surface area contributed by atoms with E-state index >= 15 is 0 Å². The van der Waals surface area contributed by atoms with Gasteiger partial charge < -0.3 is 9.80 Å². The lowest BCUT2D eigenvalue weighted by atomic mass is 10.0. The van der Waals surface area contributed by atoms with Crippen molar-refractivity contribution in [3.63, 3.8) is 0 Å². The van der Waals surface area contributed by atoms with Crippen molar-refractivity contribution >= 4 is 11.8 Å². The summed E-state index contributed by atoms with van der Waals surface area (Å²) in [7, 11) is 0. The second-order valence-electron chi connectivity index (χ2n) is 7.34. The maximum Gasteiger partial charge on any atom is 0.241 e. The van der Waals surface area contributed by atoms with Gasteiger partial charge in [-0.3, -0.25) is 9.59 Å². The number of nitrogens with one attached hydrogen (secondary N) is 2. The molecule has 0 bridgehead atoms. The lowest BCUT2D eigenvalue weighted by Crippen LogP contribution is -2.54. The predicted octanol–water partition coefficient (Wildman–Crippen LogP) is 1.31. The van der Waals surface area contributed by atoms with Crippen LogP contribution in [0, 0.1) is 5.92 Å². The molecular weight excluding hydrogens is 316 g/mol. The molecular formula is C19H28N4O2. The fourth-order valence-electron chi connectivity index (χ4n) is 3.50. The minimum atomic E-state index is -0.205. The van der Waals surface area contributed by atoms with Gasteiger partial charge in [0, 0.05) is 38.6 Å².